The van der Waals surface area contributed by atoms with Crippen LogP contribution < -0.4 is 0 Å². The lowest BCUT2D eigenvalue weighted by Crippen LogP contribution is -2.43. The minimum absolute atomic E-state index is 0.0366. The first-order valence-electron chi connectivity index (χ1n) is 9.22. The zero-order valence-corrected chi connectivity index (χ0v) is 17.1. The monoisotopic (exact) mass is 438 g/mol. The van der Waals surface area contributed by atoms with Gasteiger partial charge >= 0.3 is 7.82 Å². The zero-order valence-electron chi connectivity index (χ0n) is 16.2. The minimum atomic E-state index is -4.63. The van der Waals surface area contributed by atoms with Gasteiger partial charge in [-0.3, -0.25) is 9.32 Å². The molecule has 0 spiro atoms. The van der Waals surface area contributed by atoms with Gasteiger partial charge in [-0.2, -0.15) is 5.10 Å². The van der Waals surface area contributed by atoms with Gasteiger partial charge in [-0.15, -0.1) is 0 Å². The van der Waals surface area contributed by atoms with Gasteiger partial charge in [0, 0.05) is 18.9 Å². The van der Waals surface area contributed by atoms with Gasteiger partial charge in [-0.25, -0.2) is 18.4 Å². The maximum absolute atomic E-state index is 14.4. The van der Waals surface area contributed by atoms with Gasteiger partial charge in [0.05, 0.1) is 17.9 Å². The smallest absolute Gasteiger partial charge is 0.303 e. The number of hydrogen-bond donors (Lipinski definition) is 2. The van der Waals surface area contributed by atoms with Crippen LogP contribution in [0.4, 0.5) is 8.78 Å². The quantitative estimate of drug-likeness (QED) is 0.507. The molecule has 0 radical (unpaired) electrons. The van der Waals surface area contributed by atoms with Gasteiger partial charge < -0.3 is 9.79 Å². The molecule has 30 heavy (non-hydrogen) atoms. The Morgan fingerprint density at radius 2 is 1.93 bits per heavy atom. The molecule has 1 amide bonds. The molecule has 0 bridgehead atoms. The molecular formula is C20H21F2N2O5P. The van der Waals surface area contributed by atoms with Crippen molar-refractivity contribution in [3.8, 4) is 0 Å². The summed E-state index contributed by atoms with van der Waals surface area (Å²) in [4.78, 5) is 30.3. The molecule has 1 heterocycles. The van der Waals surface area contributed by atoms with E-state index >= 15 is 0 Å². The fourth-order valence-electron chi connectivity index (χ4n) is 3.70. The van der Waals surface area contributed by atoms with Gasteiger partial charge in [-0.1, -0.05) is 30.3 Å². The average Bonchev–Trinajstić information content (AvgIpc) is 3.08. The van der Waals surface area contributed by atoms with E-state index in [2.05, 4.69) is 9.63 Å². The Labute approximate surface area is 172 Å². The molecule has 0 aromatic heterocycles. The fraction of sp³-hybridized carbons (Fsp3) is 0.300. The molecule has 3 rings (SSSR count). The number of amides is 1. The third-order valence-corrected chi connectivity index (χ3v) is 5.45. The van der Waals surface area contributed by atoms with E-state index in [9.17, 15) is 18.1 Å². The van der Waals surface area contributed by atoms with Crippen LogP contribution in [0.1, 0.15) is 37.3 Å². The molecule has 0 fully saturated rings. The van der Waals surface area contributed by atoms with Gasteiger partial charge in [0.1, 0.15) is 11.6 Å². The number of carbonyl (C=O) groups is 1. The number of hydrogen-bond acceptors (Lipinski definition) is 4. The van der Waals surface area contributed by atoms with Gasteiger partial charge in [0.25, 0.3) is 0 Å². The van der Waals surface area contributed by atoms with Crippen LogP contribution >= 0.6 is 7.82 Å². The number of phosphoric ester groups is 1. The lowest BCUT2D eigenvalue weighted by molar-refractivity contribution is -0.135. The topological polar surface area (TPSA) is 99.4 Å². The van der Waals surface area contributed by atoms with E-state index in [0.29, 0.717) is 5.56 Å². The number of nitrogens with zero attached hydrogens (tertiary/aromatic N) is 2. The molecule has 0 saturated carbocycles. The minimum Gasteiger partial charge on any atom is -0.303 e. The van der Waals surface area contributed by atoms with Crippen LogP contribution in [0, 0.1) is 11.6 Å². The molecule has 1 aliphatic rings. The van der Waals surface area contributed by atoms with Crippen molar-refractivity contribution in [3.63, 3.8) is 0 Å². The second-order valence-electron chi connectivity index (χ2n) is 7.00. The summed E-state index contributed by atoms with van der Waals surface area (Å²) >= 11 is 0. The molecule has 1 aliphatic heterocycles. The van der Waals surface area contributed by atoms with E-state index in [1.165, 1.54) is 11.9 Å². The summed E-state index contributed by atoms with van der Waals surface area (Å²) in [6, 6.07) is 12.0. The summed E-state index contributed by atoms with van der Waals surface area (Å²) in [5.74, 6) is -1.69. The van der Waals surface area contributed by atoms with Crippen LogP contribution in [0.2, 0.25) is 0 Å². The highest BCUT2D eigenvalue weighted by atomic mass is 31.2. The number of phosphoric acid groups is 1. The molecule has 7 nitrogen and oxygen atoms in total. The highest BCUT2D eigenvalue weighted by Gasteiger charge is 2.46. The van der Waals surface area contributed by atoms with Crippen LogP contribution in [0.5, 0.6) is 0 Å². The summed E-state index contributed by atoms with van der Waals surface area (Å²) in [7, 11) is -4.63. The first-order valence-corrected chi connectivity index (χ1v) is 10.7. The Kier molecular flexibility index (Phi) is 6.47. The molecular weight excluding hydrogens is 417 g/mol. The Bertz CT molecular complexity index is 1010. The van der Waals surface area contributed by atoms with E-state index in [4.69, 9.17) is 9.79 Å². The van der Waals surface area contributed by atoms with Crippen molar-refractivity contribution in [3.05, 3.63) is 71.3 Å². The normalized spacial score (nSPS) is 19.1. The Hall–Kier alpha value is -2.45. The van der Waals surface area contributed by atoms with Crippen molar-refractivity contribution in [1.82, 2.24) is 5.01 Å². The number of benzene rings is 2. The fourth-order valence-corrected chi connectivity index (χ4v) is 4.07. The first-order chi connectivity index (χ1) is 14.1. The van der Waals surface area contributed by atoms with Gasteiger partial charge in [0.2, 0.25) is 5.91 Å². The maximum Gasteiger partial charge on any atom is 0.469 e. The van der Waals surface area contributed by atoms with Gasteiger partial charge in [0.15, 0.2) is 0 Å². The second kappa shape index (κ2) is 8.73. The third kappa shape index (κ3) is 4.82. The summed E-state index contributed by atoms with van der Waals surface area (Å²) in [5, 5.41) is 5.55. The number of rotatable bonds is 7. The molecule has 0 unspecified atom stereocenters. The number of halogens is 2. The lowest BCUT2D eigenvalue weighted by Gasteiger charge is -2.36. The molecule has 0 saturated heterocycles. The van der Waals surface area contributed by atoms with E-state index in [-0.39, 0.29) is 37.1 Å². The van der Waals surface area contributed by atoms with Crippen molar-refractivity contribution in [2.45, 2.75) is 31.7 Å². The van der Waals surface area contributed by atoms with Crippen LogP contribution in [-0.4, -0.2) is 33.0 Å². The summed E-state index contributed by atoms with van der Waals surface area (Å²) < 4.78 is 43.6. The van der Waals surface area contributed by atoms with E-state index in [1.807, 2.05) is 0 Å². The van der Waals surface area contributed by atoms with Crippen LogP contribution in [0.15, 0.2) is 53.6 Å². The Morgan fingerprint density at radius 1 is 1.23 bits per heavy atom. The Balaban J connectivity index is 1.99. The second-order valence-corrected chi connectivity index (χ2v) is 8.24. The molecule has 2 aromatic carbocycles. The number of hydrazone groups is 1. The van der Waals surface area contributed by atoms with Gasteiger partial charge in [-0.05, 0) is 36.6 Å². The zero-order chi connectivity index (χ0) is 21.9. The van der Waals surface area contributed by atoms with Crippen LogP contribution in [0.3, 0.4) is 0 Å². The van der Waals surface area contributed by atoms with Crippen LogP contribution in [-0.2, 0) is 19.4 Å². The summed E-state index contributed by atoms with van der Waals surface area (Å²) in [6.07, 6.45) is 0.533. The van der Waals surface area contributed by atoms with E-state index < -0.39 is 30.9 Å². The highest BCUT2D eigenvalue weighted by Crippen LogP contribution is 2.44. The van der Waals surface area contributed by atoms with E-state index in [0.717, 1.165) is 18.2 Å². The van der Waals surface area contributed by atoms with E-state index in [1.54, 1.807) is 30.3 Å². The van der Waals surface area contributed by atoms with Crippen molar-refractivity contribution >= 4 is 19.4 Å². The van der Waals surface area contributed by atoms with Crippen molar-refractivity contribution < 1.29 is 32.5 Å². The average molecular weight is 438 g/mol. The van der Waals surface area contributed by atoms with Crippen molar-refractivity contribution in [2.24, 2.45) is 5.10 Å². The third-order valence-electron chi connectivity index (χ3n) is 4.93. The summed E-state index contributed by atoms with van der Waals surface area (Å²) in [6.45, 7) is 1.08. The predicted octanol–water partition coefficient (Wildman–Crippen LogP) is 3.71. The molecule has 1 atom stereocenters. The first kappa shape index (κ1) is 22.2. The maximum atomic E-state index is 14.4. The Morgan fingerprint density at radius 3 is 2.57 bits per heavy atom. The van der Waals surface area contributed by atoms with Crippen molar-refractivity contribution in [1.29, 1.82) is 0 Å². The molecule has 2 N–H and O–H groups in total. The standard InChI is InChI=1S/C20H21F2N2O5P/c1-14(25)24-20(15-6-3-2-4-7-15,10-5-11-29-30(26,27)28)13-19(23-24)17-12-16(21)8-9-18(17)22/h2-4,6-9,12H,5,10-11,13H2,1H3,(H2,26,27,28)/t20-/m0/s1. The van der Waals surface area contributed by atoms with Crippen LogP contribution in [0.25, 0.3) is 0 Å². The highest BCUT2D eigenvalue weighted by molar-refractivity contribution is 7.46. The number of carbonyl (C=O) groups excluding carboxylic acids is 1. The SMILES string of the molecule is CC(=O)N1N=C(c2cc(F)ccc2F)C[C@@]1(CCCOP(=O)(O)O)c1ccccc1. The largest absolute Gasteiger partial charge is 0.469 e. The molecule has 160 valence electrons. The predicted molar refractivity (Wildman–Crippen MR) is 105 cm³/mol. The molecule has 0 aliphatic carbocycles. The summed E-state index contributed by atoms with van der Waals surface area (Å²) in [5.41, 5.74) is -0.140. The molecule has 10 heteroatoms. The lowest BCUT2D eigenvalue weighted by atomic mass is 9.80. The molecule has 2 aromatic rings. The van der Waals surface area contributed by atoms with Crippen molar-refractivity contribution in [2.75, 3.05) is 6.61 Å².